The van der Waals surface area contributed by atoms with E-state index in [1.165, 1.54) is 42.5 Å². The normalized spacial score (nSPS) is 12.3. The van der Waals surface area contributed by atoms with Crippen LogP contribution >= 0.6 is 15.9 Å². The van der Waals surface area contributed by atoms with Gasteiger partial charge in [-0.1, -0.05) is 28.5 Å². The molecule has 150 valence electrons. The van der Waals surface area contributed by atoms with Crippen LogP contribution in [-0.4, -0.2) is 28.3 Å². The number of non-ortho nitro benzene ring substituents is 1. The maximum Gasteiger partial charge on any atom is 0.366 e. The van der Waals surface area contributed by atoms with Crippen molar-refractivity contribution in [2.24, 2.45) is 10.3 Å². The summed E-state index contributed by atoms with van der Waals surface area (Å²) >= 11 is 3.26. The van der Waals surface area contributed by atoms with Gasteiger partial charge in [-0.05, 0) is 58.4 Å². The number of carbonyl (C=O) groups is 2. The molecule has 0 bridgehead atoms. The second kappa shape index (κ2) is 9.52. The molecule has 2 aromatic rings. The second-order valence-corrected chi connectivity index (χ2v) is 6.60. The Balaban J connectivity index is 1.59. The lowest BCUT2D eigenvalue weighted by molar-refractivity contribution is -0.384. The lowest BCUT2D eigenvalue weighted by Crippen LogP contribution is -2.07. The van der Waals surface area contributed by atoms with Gasteiger partial charge in [0.2, 0.25) is 0 Å². The second-order valence-electron chi connectivity index (χ2n) is 5.74. The van der Waals surface area contributed by atoms with Crippen molar-refractivity contribution in [1.29, 1.82) is 0 Å². The van der Waals surface area contributed by atoms with Gasteiger partial charge in [0.1, 0.15) is 11.4 Å². The van der Waals surface area contributed by atoms with Crippen LogP contribution in [0, 0.1) is 10.1 Å². The molecule has 0 amide bonds. The van der Waals surface area contributed by atoms with E-state index >= 15 is 0 Å². The number of nitro groups is 1. The van der Waals surface area contributed by atoms with E-state index in [-0.39, 0.29) is 11.3 Å². The molecule has 0 aromatic heterocycles. The van der Waals surface area contributed by atoms with Crippen LogP contribution in [0.3, 0.4) is 0 Å². The zero-order chi connectivity index (χ0) is 21.5. The van der Waals surface area contributed by atoms with E-state index in [0.29, 0.717) is 21.5 Å². The lowest BCUT2D eigenvalue weighted by Gasteiger charge is -2.03. The van der Waals surface area contributed by atoms with Crippen molar-refractivity contribution in [3.8, 4) is 0 Å². The van der Waals surface area contributed by atoms with Crippen molar-refractivity contribution in [2.45, 2.75) is 0 Å². The molecule has 0 aliphatic heterocycles. The molecule has 0 heterocycles. The molecule has 0 saturated heterocycles. The van der Waals surface area contributed by atoms with Gasteiger partial charge in [-0.15, -0.1) is 0 Å². The van der Waals surface area contributed by atoms with Crippen molar-refractivity contribution in [1.82, 2.24) is 0 Å². The highest BCUT2D eigenvalue weighted by atomic mass is 79.9. The fourth-order valence-electron chi connectivity index (χ4n) is 2.24. The van der Waals surface area contributed by atoms with Crippen LogP contribution in [0.1, 0.15) is 20.7 Å². The summed E-state index contributed by atoms with van der Waals surface area (Å²) in [6.45, 7) is 0. The molecule has 9 nitrogen and oxygen atoms in total. The number of nitrogens with zero attached hydrogens (tertiary/aromatic N) is 3. The van der Waals surface area contributed by atoms with Crippen LogP contribution in [0.25, 0.3) is 0 Å². The van der Waals surface area contributed by atoms with Gasteiger partial charge in [0, 0.05) is 16.6 Å². The maximum atomic E-state index is 12.0. The van der Waals surface area contributed by atoms with Crippen molar-refractivity contribution >= 4 is 45.0 Å². The first-order valence-electron chi connectivity index (χ1n) is 8.38. The summed E-state index contributed by atoms with van der Waals surface area (Å²) in [7, 11) is 0. The predicted molar refractivity (Wildman–Crippen MR) is 111 cm³/mol. The molecule has 2 aromatic carbocycles. The first-order valence-corrected chi connectivity index (χ1v) is 9.17. The largest absolute Gasteiger partial charge is 0.366 e. The smallest absolute Gasteiger partial charge is 0.312 e. The molecule has 0 unspecified atom stereocenters. The molecule has 0 fully saturated rings. The van der Waals surface area contributed by atoms with Crippen molar-refractivity contribution < 1.29 is 24.2 Å². The van der Waals surface area contributed by atoms with Crippen LogP contribution in [0.4, 0.5) is 5.69 Å². The number of hydrogen-bond acceptors (Lipinski definition) is 8. The monoisotopic (exact) mass is 469 g/mol. The van der Waals surface area contributed by atoms with Crippen LogP contribution in [-0.2, 0) is 9.68 Å². The number of allylic oxidation sites excluding steroid dienone is 4. The summed E-state index contributed by atoms with van der Waals surface area (Å²) in [6, 6.07) is 11.9. The SMILES string of the molecule is O=C(ON=C1C=CC(=NOC(=O)c2ccccc2Br)C=C1)c1cccc([N+](=O)[O-])c1. The number of hydrogen-bond donors (Lipinski definition) is 0. The van der Waals surface area contributed by atoms with Crippen LogP contribution < -0.4 is 0 Å². The Morgan fingerprint density at radius 1 is 0.867 bits per heavy atom. The molecular formula is C20H12BrN3O6. The molecule has 10 heteroatoms. The summed E-state index contributed by atoms with van der Waals surface area (Å²) < 4.78 is 0.588. The van der Waals surface area contributed by atoms with E-state index in [1.807, 2.05) is 0 Å². The topological polar surface area (TPSA) is 120 Å². The van der Waals surface area contributed by atoms with Crippen LogP contribution in [0.5, 0.6) is 0 Å². The molecule has 0 N–H and O–H groups in total. The first-order chi connectivity index (χ1) is 14.4. The standard InChI is InChI=1S/C20H12BrN3O6/c21-18-7-2-1-6-17(18)20(26)30-23-15-10-8-14(9-11-15)22-29-19(25)13-4-3-5-16(12-13)24(27)28/h1-12H. The highest BCUT2D eigenvalue weighted by molar-refractivity contribution is 9.10. The summed E-state index contributed by atoms with van der Waals surface area (Å²) in [5.41, 5.74) is 0.746. The van der Waals surface area contributed by atoms with Gasteiger partial charge in [0.25, 0.3) is 5.69 Å². The van der Waals surface area contributed by atoms with Crippen LogP contribution in [0.2, 0.25) is 0 Å². The summed E-state index contributed by atoms with van der Waals surface area (Å²) in [5.74, 6) is -1.46. The number of benzene rings is 2. The molecule has 1 aliphatic carbocycles. The quantitative estimate of drug-likeness (QED) is 0.280. The highest BCUT2D eigenvalue weighted by Gasteiger charge is 2.14. The fraction of sp³-hybridized carbons (Fsp3) is 0. The Morgan fingerprint density at radius 2 is 1.47 bits per heavy atom. The first kappa shape index (κ1) is 20.8. The molecule has 3 rings (SSSR count). The zero-order valence-corrected chi connectivity index (χ0v) is 16.7. The van der Waals surface area contributed by atoms with Crippen molar-refractivity contribution in [3.05, 3.63) is 98.5 Å². The van der Waals surface area contributed by atoms with Gasteiger partial charge in [-0.25, -0.2) is 9.59 Å². The highest BCUT2D eigenvalue weighted by Crippen LogP contribution is 2.17. The van der Waals surface area contributed by atoms with Gasteiger partial charge in [-0.3, -0.25) is 10.1 Å². The third-order valence-electron chi connectivity index (χ3n) is 3.70. The van der Waals surface area contributed by atoms with Crippen LogP contribution in [0.15, 0.2) is 87.6 Å². The van der Waals surface area contributed by atoms with Gasteiger partial charge in [0.05, 0.1) is 16.1 Å². The summed E-state index contributed by atoms with van der Waals surface area (Å²) in [5, 5.41) is 18.2. The Hall–Kier alpha value is -3.92. The summed E-state index contributed by atoms with van der Waals surface area (Å²) in [6.07, 6.45) is 6.00. The zero-order valence-electron chi connectivity index (χ0n) is 15.1. The molecule has 30 heavy (non-hydrogen) atoms. The third-order valence-corrected chi connectivity index (χ3v) is 4.40. The Bertz CT molecular complexity index is 1120. The van der Waals surface area contributed by atoms with E-state index in [1.54, 1.807) is 24.3 Å². The molecule has 0 radical (unpaired) electrons. The molecule has 0 saturated carbocycles. The minimum absolute atomic E-state index is 0.00134. The minimum atomic E-state index is -0.838. The number of rotatable bonds is 5. The number of halogens is 1. The number of carbonyl (C=O) groups excluding carboxylic acids is 2. The van der Waals surface area contributed by atoms with E-state index in [2.05, 4.69) is 26.2 Å². The lowest BCUT2D eigenvalue weighted by atomic mass is 10.1. The molecular weight excluding hydrogens is 458 g/mol. The van der Waals surface area contributed by atoms with Gasteiger partial charge < -0.3 is 9.68 Å². The van der Waals surface area contributed by atoms with E-state index in [0.717, 1.165) is 6.07 Å². The van der Waals surface area contributed by atoms with Crippen molar-refractivity contribution in [3.63, 3.8) is 0 Å². The van der Waals surface area contributed by atoms with Gasteiger partial charge in [0.15, 0.2) is 0 Å². The maximum absolute atomic E-state index is 12.0. The van der Waals surface area contributed by atoms with E-state index < -0.39 is 16.9 Å². The Kier molecular flexibility index (Phi) is 6.60. The average Bonchev–Trinajstić information content (AvgIpc) is 2.77. The Morgan fingerprint density at radius 3 is 2.07 bits per heavy atom. The summed E-state index contributed by atoms with van der Waals surface area (Å²) in [4.78, 5) is 43.9. The van der Waals surface area contributed by atoms with Gasteiger partial charge in [-0.2, -0.15) is 0 Å². The van der Waals surface area contributed by atoms with Crippen molar-refractivity contribution in [2.75, 3.05) is 0 Å². The molecule has 1 aliphatic rings. The molecule has 0 spiro atoms. The predicted octanol–water partition coefficient (Wildman–Crippen LogP) is 4.21. The third kappa shape index (κ3) is 5.32. The number of nitro benzene ring substituents is 1. The fourth-order valence-corrected chi connectivity index (χ4v) is 2.68. The Labute approximate surface area is 178 Å². The van der Waals surface area contributed by atoms with Gasteiger partial charge >= 0.3 is 11.9 Å². The number of oxime groups is 2. The van der Waals surface area contributed by atoms with E-state index in [4.69, 9.17) is 9.68 Å². The minimum Gasteiger partial charge on any atom is -0.312 e. The molecule has 0 atom stereocenters. The average molecular weight is 470 g/mol. The van der Waals surface area contributed by atoms with E-state index in [9.17, 15) is 19.7 Å².